The van der Waals surface area contributed by atoms with Crippen LogP contribution in [0.1, 0.15) is 23.0 Å². The van der Waals surface area contributed by atoms with Crippen LogP contribution in [0.25, 0.3) is 22.2 Å². The lowest BCUT2D eigenvalue weighted by atomic mass is 10.1. The van der Waals surface area contributed by atoms with E-state index in [9.17, 15) is 4.79 Å². The second-order valence-electron chi connectivity index (χ2n) is 8.11. The molecule has 0 saturated carbocycles. The summed E-state index contributed by atoms with van der Waals surface area (Å²) in [5.74, 6) is 2.22. The predicted octanol–water partition coefficient (Wildman–Crippen LogP) is 3.99. The molecule has 4 aromatic rings. The molecule has 168 valence electrons. The van der Waals surface area contributed by atoms with Gasteiger partial charge in [0, 0.05) is 55.6 Å². The van der Waals surface area contributed by atoms with E-state index in [1.54, 1.807) is 0 Å². The van der Waals surface area contributed by atoms with Crippen LogP contribution in [0.2, 0.25) is 0 Å². The van der Waals surface area contributed by atoms with Gasteiger partial charge in [-0.1, -0.05) is 35.5 Å². The number of nitrogens with one attached hydrogen (secondary N) is 1. The Morgan fingerprint density at radius 2 is 1.82 bits per heavy atom. The van der Waals surface area contributed by atoms with Gasteiger partial charge in [-0.05, 0) is 32.0 Å². The monoisotopic (exact) mass is 442 g/mol. The summed E-state index contributed by atoms with van der Waals surface area (Å²) in [5, 5.41) is 8.25. The van der Waals surface area contributed by atoms with Crippen molar-refractivity contribution in [3.05, 3.63) is 65.9 Å². The number of hydrogen-bond donors (Lipinski definition) is 1. The van der Waals surface area contributed by atoms with Crippen molar-refractivity contribution >= 4 is 28.6 Å². The van der Waals surface area contributed by atoms with Gasteiger partial charge in [-0.15, -0.1) is 0 Å². The van der Waals surface area contributed by atoms with Gasteiger partial charge in [-0.2, -0.15) is 4.98 Å². The molecule has 0 unspecified atom stereocenters. The molecule has 1 saturated heterocycles. The highest BCUT2D eigenvalue weighted by atomic mass is 16.5. The number of rotatable bonds is 5. The third-order valence-corrected chi connectivity index (χ3v) is 5.81. The Bertz CT molecular complexity index is 1280. The minimum absolute atomic E-state index is 0.00950. The van der Waals surface area contributed by atoms with Crippen LogP contribution in [0.4, 0.5) is 11.8 Å². The number of aryl methyl sites for hydroxylation is 1. The molecule has 0 bridgehead atoms. The van der Waals surface area contributed by atoms with Crippen LogP contribution >= 0.6 is 0 Å². The van der Waals surface area contributed by atoms with Crippen LogP contribution in [0.5, 0.6) is 0 Å². The molecule has 1 fully saturated rings. The van der Waals surface area contributed by atoms with Gasteiger partial charge < -0.3 is 19.6 Å². The highest BCUT2D eigenvalue weighted by Crippen LogP contribution is 2.29. The highest BCUT2D eigenvalue weighted by Gasteiger charge is 2.25. The molecule has 0 spiro atoms. The van der Waals surface area contributed by atoms with Crippen LogP contribution in [0, 0.1) is 6.92 Å². The summed E-state index contributed by atoms with van der Waals surface area (Å²) in [7, 11) is 0. The second kappa shape index (κ2) is 8.90. The molecule has 1 aliphatic rings. The number of fused-ring (bicyclic) bond motifs is 1. The van der Waals surface area contributed by atoms with Gasteiger partial charge in [0.1, 0.15) is 11.3 Å². The van der Waals surface area contributed by atoms with Crippen LogP contribution < -0.4 is 10.2 Å². The van der Waals surface area contributed by atoms with Gasteiger partial charge in [0.2, 0.25) is 5.95 Å². The second-order valence-corrected chi connectivity index (χ2v) is 8.11. The molecule has 5 rings (SSSR count). The Hall–Kier alpha value is -3.94. The van der Waals surface area contributed by atoms with E-state index >= 15 is 0 Å². The zero-order chi connectivity index (χ0) is 22.8. The Morgan fingerprint density at radius 1 is 1.03 bits per heavy atom. The molecule has 0 radical (unpaired) electrons. The third kappa shape index (κ3) is 4.24. The van der Waals surface area contributed by atoms with Gasteiger partial charge in [-0.25, -0.2) is 4.98 Å². The fourth-order valence-corrected chi connectivity index (χ4v) is 4.13. The van der Waals surface area contributed by atoms with Crippen molar-refractivity contribution in [2.24, 2.45) is 0 Å². The highest BCUT2D eigenvalue weighted by molar-refractivity contribution is 6.01. The van der Waals surface area contributed by atoms with Crippen molar-refractivity contribution in [3.8, 4) is 11.3 Å². The van der Waals surface area contributed by atoms with Gasteiger partial charge in [-0.3, -0.25) is 4.79 Å². The van der Waals surface area contributed by atoms with Crippen molar-refractivity contribution in [1.29, 1.82) is 0 Å². The fraction of sp³-hybridized carbons (Fsp3) is 0.280. The molecular formula is C25H26N6O2. The number of carbonyl (C=O) groups is 1. The first-order valence-electron chi connectivity index (χ1n) is 11.2. The summed E-state index contributed by atoms with van der Waals surface area (Å²) in [6.45, 7) is 7.41. The quantitative estimate of drug-likeness (QED) is 0.500. The molecule has 8 nitrogen and oxygen atoms in total. The average Bonchev–Trinajstić information content (AvgIpc) is 3.27. The van der Waals surface area contributed by atoms with E-state index in [0.29, 0.717) is 43.5 Å². The van der Waals surface area contributed by atoms with Crippen molar-refractivity contribution in [2.75, 3.05) is 42.9 Å². The van der Waals surface area contributed by atoms with Crippen molar-refractivity contribution in [1.82, 2.24) is 20.0 Å². The molecule has 2 aromatic carbocycles. The summed E-state index contributed by atoms with van der Waals surface area (Å²) >= 11 is 0. The normalized spacial score (nSPS) is 14.0. The van der Waals surface area contributed by atoms with Crippen LogP contribution in [-0.4, -0.2) is 58.7 Å². The van der Waals surface area contributed by atoms with E-state index in [1.165, 1.54) is 0 Å². The molecule has 2 aromatic heterocycles. The number of hydrogen-bond acceptors (Lipinski definition) is 7. The van der Waals surface area contributed by atoms with E-state index in [1.807, 2.05) is 73.3 Å². The minimum atomic E-state index is 0.00950. The smallest absolute Gasteiger partial charge is 0.254 e. The summed E-state index contributed by atoms with van der Waals surface area (Å²) in [6.07, 6.45) is 0. The van der Waals surface area contributed by atoms with Gasteiger partial charge >= 0.3 is 0 Å². The largest absolute Gasteiger partial charge is 0.370 e. The maximum absolute atomic E-state index is 13.3. The van der Waals surface area contributed by atoms with E-state index in [4.69, 9.17) is 4.52 Å². The van der Waals surface area contributed by atoms with Gasteiger partial charge in [0.05, 0.1) is 5.39 Å². The molecular weight excluding hydrogens is 416 g/mol. The summed E-state index contributed by atoms with van der Waals surface area (Å²) in [6, 6.07) is 17.3. The first kappa shape index (κ1) is 20.9. The number of anilines is 2. The average molecular weight is 443 g/mol. The number of carbonyl (C=O) groups excluding carboxylic acids is 1. The van der Waals surface area contributed by atoms with Gasteiger partial charge in [0.15, 0.2) is 5.76 Å². The molecule has 1 amide bonds. The van der Waals surface area contributed by atoms with Crippen molar-refractivity contribution in [3.63, 3.8) is 0 Å². The summed E-state index contributed by atoms with van der Waals surface area (Å²) < 4.78 is 5.58. The molecule has 1 aliphatic heterocycles. The van der Waals surface area contributed by atoms with Crippen LogP contribution in [0.15, 0.2) is 59.1 Å². The number of benzene rings is 2. The molecule has 8 heteroatoms. The van der Waals surface area contributed by atoms with Crippen molar-refractivity contribution < 1.29 is 9.32 Å². The first-order chi connectivity index (χ1) is 16.1. The zero-order valence-electron chi connectivity index (χ0n) is 18.8. The maximum atomic E-state index is 13.3. The SMILES string of the molecule is CCNc1cc(C)nc(N2CCN(C(=O)c3ccc4noc(-c5ccccc5)c4c3)CC2)n1. The number of nitrogens with zero attached hydrogens (tertiary/aromatic N) is 5. The Kier molecular flexibility index (Phi) is 5.64. The standard InChI is InChI=1S/C25H26N6O2/c1-3-26-22-15-17(2)27-25(28-22)31-13-11-30(12-14-31)24(32)19-9-10-21-20(16-19)23(33-29-21)18-7-5-4-6-8-18/h4-10,15-16H,3,11-14H2,1-2H3,(H,26,27,28). The van der Waals surface area contributed by atoms with Crippen LogP contribution in [-0.2, 0) is 0 Å². The molecule has 33 heavy (non-hydrogen) atoms. The van der Waals surface area contributed by atoms with E-state index in [-0.39, 0.29) is 5.91 Å². The Balaban J connectivity index is 1.32. The number of amides is 1. The summed E-state index contributed by atoms with van der Waals surface area (Å²) in [5.41, 5.74) is 3.24. The lowest BCUT2D eigenvalue weighted by Crippen LogP contribution is -2.49. The topological polar surface area (TPSA) is 87.4 Å². The Labute approximate surface area is 192 Å². The molecule has 0 aliphatic carbocycles. The molecule has 0 atom stereocenters. The third-order valence-electron chi connectivity index (χ3n) is 5.81. The molecule has 1 N–H and O–H groups in total. The van der Waals surface area contributed by atoms with E-state index < -0.39 is 0 Å². The van der Waals surface area contributed by atoms with E-state index in [0.717, 1.165) is 34.5 Å². The predicted molar refractivity (Wildman–Crippen MR) is 128 cm³/mol. The zero-order valence-corrected chi connectivity index (χ0v) is 18.8. The minimum Gasteiger partial charge on any atom is -0.370 e. The van der Waals surface area contributed by atoms with Crippen LogP contribution in [0.3, 0.4) is 0 Å². The van der Waals surface area contributed by atoms with Gasteiger partial charge in [0.25, 0.3) is 5.91 Å². The first-order valence-corrected chi connectivity index (χ1v) is 11.2. The maximum Gasteiger partial charge on any atom is 0.254 e. The fourth-order valence-electron chi connectivity index (χ4n) is 4.13. The number of piperazine rings is 1. The molecule has 3 heterocycles. The van der Waals surface area contributed by atoms with E-state index in [2.05, 4.69) is 25.3 Å². The lowest BCUT2D eigenvalue weighted by molar-refractivity contribution is 0.0746. The summed E-state index contributed by atoms with van der Waals surface area (Å²) in [4.78, 5) is 26.5. The number of aromatic nitrogens is 3. The lowest BCUT2D eigenvalue weighted by Gasteiger charge is -2.35. The Morgan fingerprint density at radius 3 is 2.58 bits per heavy atom. The van der Waals surface area contributed by atoms with Crippen molar-refractivity contribution in [2.45, 2.75) is 13.8 Å².